The van der Waals surface area contributed by atoms with Crippen molar-refractivity contribution in [2.75, 3.05) is 13.1 Å². The van der Waals surface area contributed by atoms with Crippen LogP contribution in [-0.4, -0.2) is 74.9 Å². The number of pyridine rings is 1. The number of carbonyl (C=O) groups is 4. The Hall–Kier alpha value is -4.10. The number of alkyl halides is 3. The third kappa shape index (κ3) is 7.27. The third-order valence-corrected chi connectivity index (χ3v) is 6.23. The number of carboxylic acid groups (broad SMARTS) is 1. The summed E-state index contributed by atoms with van der Waals surface area (Å²) in [5, 5.41) is 9.94. The van der Waals surface area contributed by atoms with Crippen molar-refractivity contribution < 1.29 is 46.2 Å². The van der Waals surface area contributed by atoms with E-state index in [0.717, 1.165) is 12.1 Å². The van der Waals surface area contributed by atoms with Gasteiger partial charge in [0.2, 0.25) is 11.8 Å². The summed E-state index contributed by atoms with van der Waals surface area (Å²) in [4.78, 5) is 54.7. The van der Waals surface area contributed by atoms with Gasteiger partial charge < -0.3 is 20.2 Å². The molecule has 2 atom stereocenters. The molecule has 3 heterocycles. The van der Waals surface area contributed by atoms with Crippen molar-refractivity contribution in [1.82, 2.24) is 20.1 Å². The maximum atomic E-state index is 14.1. The zero-order chi connectivity index (χ0) is 28.7. The summed E-state index contributed by atoms with van der Waals surface area (Å²) in [5.74, 6) is -6.15. The Kier molecular flexibility index (Phi) is 9.54. The highest BCUT2D eigenvalue weighted by Gasteiger charge is 2.43. The molecule has 4 rings (SSSR count). The lowest BCUT2D eigenvalue weighted by Crippen LogP contribution is -2.53. The molecule has 39 heavy (non-hydrogen) atoms. The van der Waals surface area contributed by atoms with E-state index in [0.29, 0.717) is 37.9 Å². The second kappa shape index (κ2) is 12.6. The maximum Gasteiger partial charge on any atom is 0.490 e. The minimum Gasteiger partial charge on any atom is -0.475 e. The van der Waals surface area contributed by atoms with Crippen molar-refractivity contribution in [3.8, 4) is 0 Å². The number of hydrogen-bond acceptors (Lipinski definition) is 5. The zero-order valence-corrected chi connectivity index (χ0v) is 20.5. The molecule has 3 amide bonds. The highest BCUT2D eigenvalue weighted by molar-refractivity contribution is 5.99. The lowest BCUT2D eigenvalue weighted by molar-refractivity contribution is -0.192. The van der Waals surface area contributed by atoms with Gasteiger partial charge >= 0.3 is 12.1 Å². The Balaban J connectivity index is 0.000000532. The summed E-state index contributed by atoms with van der Waals surface area (Å²) in [7, 11) is 0. The highest BCUT2D eigenvalue weighted by atomic mass is 19.4. The summed E-state index contributed by atoms with van der Waals surface area (Å²) >= 11 is 0. The number of nitrogens with zero attached hydrogens (tertiary/aromatic N) is 3. The van der Waals surface area contributed by atoms with E-state index in [9.17, 15) is 36.3 Å². The Labute approximate surface area is 219 Å². The molecule has 0 aliphatic carbocycles. The SMILES string of the molecule is O=C(NCc1ccccn1)[C@@H]1CCCN1C(=O)[C@@H]1CCCN1C(=O)c1c(F)cccc1F.O=C(O)C(F)(F)F. The molecule has 0 spiro atoms. The second-order valence-corrected chi connectivity index (χ2v) is 8.78. The van der Waals surface area contributed by atoms with Gasteiger partial charge in [-0.2, -0.15) is 13.2 Å². The van der Waals surface area contributed by atoms with Crippen LogP contribution in [0.1, 0.15) is 41.7 Å². The molecule has 1 aromatic heterocycles. The smallest absolute Gasteiger partial charge is 0.475 e. The molecule has 2 fully saturated rings. The van der Waals surface area contributed by atoms with Crippen LogP contribution in [0.4, 0.5) is 22.0 Å². The quantitative estimate of drug-likeness (QED) is 0.547. The van der Waals surface area contributed by atoms with Gasteiger partial charge in [-0.15, -0.1) is 0 Å². The summed E-state index contributed by atoms with van der Waals surface area (Å²) in [6.07, 6.45) is -1.34. The molecule has 2 N–H and O–H groups in total. The topological polar surface area (TPSA) is 120 Å². The van der Waals surface area contributed by atoms with Crippen LogP contribution >= 0.6 is 0 Å². The fourth-order valence-electron chi connectivity index (χ4n) is 4.40. The number of nitrogens with one attached hydrogen (secondary N) is 1. The average Bonchev–Trinajstić information content (AvgIpc) is 3.57. The molecule has 2 aliphatic heterocycles. The maximum absolute atomic E-state index is 14.1. The molecule has 1 aromatic carbocycles. The standard InChI is InChI=1S/C23H24F2N4O3.C2HF3O2/c24-16-7-3-8-17(25)20(16)23(32)29-13-5-10-19(29)22(31)28-12-4-9-18(28)21(30)27-14-15-6-1-2-11-26-15;3-2(4,5)1(6)7/h1-3,6-8,11,18-19H,4-5,9-10,12-14H2,(H,27,30);(H,6,7)/t18-,19-;/m0./s1. The fourth-order valence-corrected chi connectivity index (χ4v) is 4.40. The van der Waals surface area contributed by atoms with Gasteiger partial charge in [0.25, 0.3) is 5.91 Å². The van der Waals surface area contributed by atoms with Crippen LogP contribution in [0.25, 0.3) is 0 Å². The number of rotatable bonds is 5. The van der Waals surface area contributed by atoms with Gasteiger partial charge in [-0.3, -0.25) is 19.4 Å². The average molecular weight is 556 g/mol. The fraction of sp³-hybridized carbons (Fsp3) is 0.400. The molecule has 0 saturated carbocycles. The van der Waals surface area contributed by atoms with Gasteiger partial charge in [-0.1, -0.05) is 12.1 Å². The van der Waals surface area contributed by atoms with E-state index >= 15 is 0 Å². The molecule has 14 heteroatoms. The first-order chi connectivity index (χ1) is 18.4. The summed E-state index contributed by atoms with van der Waals surface area (Å²) in [6.45, 7) is 0.874. The number of hydrogen-bond donors (Lipinski definition) is 2. The molecule has 2 aromatic rings. The van der Waals surface area contributed by atoms with E-state index in [-0.39, 0.29) is 24.9 Å². The van der Waals surface area contributed by atoms with Crippen molar-refractivity contribution in [1.29, 1.82) is 0 Å². The van der Waals surface area contributed by atoms with Crippen LogP contribution in [0, 0.1) is 11.6 Å². The number of aromatic nitrogens is 1. The van der Waals surface area contributed by atoms with E-state index in [1.54, 1.807) is 18.3 Å². The van der Waals surface area contributed by atoms with E-state index in [1.807, 2.05) is 6.07 Å². The number of amides is 3. The Bertz CT molecular complexity index is 1190. The minimum atomic E-state index is -5.08. The van der Waals surface area contributed by atoms with Crippen LogP contribution in [0.3, 0.4) is 0 Å². The molecular weight excluding hydrogens is 531 g/mol. The molecule has 2 saturated heterocycles. The normalized spacial score (nSPS) is 18.8. The lowest BCUT2D eigenvalue weighted by atomic mass is 10.1. The van der Waals surface area contributed by atoms with Crippen LogP contribution in [0.15, 0.2) is 42.6 Å². The van der Waals surface area contributed by atoms with E-state index in [1.165, 1.54) is 15.9 Å². The number of carboxylic acids is 1. The highest BCUT2D eigenvalue weighted by Crippen LogP contribution is 2.27. The van der Waals surface area contributed by atoms with Crippen LogP contribution in [-0.2, 0) is 20.9 Å². The monoisotopic (exact) mass is 556 g/mol. The van der Waals surface area contributed by atoms with Crippen molar-refractivity contribution in [2.24, 2.45) is 0 Å². The minimum absolute atomic E-state index is 0.230. The predicted octanol–water partition coefficient (Wildman–Crippen LogP) is 2.91. The van der Waals surface area contributed by atoms with Crippen LogP contribution in [0.5, 0.6) is 0 Å². The number of likely N-dealkylation sites (tertiary alicyclic amines) is 2. The molecule has 0 unspecified atom stereocenters. The molecular formula is C25H25F5N4O5. The molecule has 0 bridgehead atoms. The summed E-state index contributed by atoms with van der Waals surface area (Å²) < 4.78 is 60.0. The molecule has 0 radical (unpaired) electrons. The molecule has 210 valence electrons. The Morgan fingerprint density at radius 3 is 2.08 bits per heavy atom. The van der Waals surface area contributed by atoms with E-state index < -0.39 is 47.3 Å². The zero-order valence-electron chi connectivity index (χ0n) is 20.5. The van der Waals surface area contributed by atoms with Gasteiger partial charge in [-0.25, -0.2) is 13.6 Å². The van der Waals surface area contributed by atoms with E-state index in [4.69, 9.17) is 9.90 Å². The van der Waals surface area contributed by atoms with Crippen molar-refractivity contribution in [2.45, 2.75) is 50.5 Å². The number of benzene rings is 1. The van der Waals surface area contributed by atoms with Gasteiger partial charge in [0, 0.05) is 19.3 Å². The molecule has 2 aliphatic rings. The van der Waals surface area contributed by atoms with E-state index in [2.05, 4.69) is 10.3 Å². The van der Waals surface area contributed by atoms with Crippen molar-refractivity contribution >= 4 is 23.7 Å². The van der Waals surface area contributed by atoms with Crippen molar-refractivity contribution in [3.63, 3.8) is 0 Å². The first-order valence-corrected chi connectivity index (χ1v) is 11.9. The first kappa shape index (κ1) is 29.5. The van der Waals surface area contributed by atoms with Gasteiger partial charge in [-0.05, 0) is 49.9 Å². The van der Waals surface area contributed by atoms with Crippen molar-refractivity contribution in [3.05, 3.63) is 65.5 Å². The van der Waals surface area contributed by atoms with Crippen LogP contribution in [0.2, 0.25) is 0 Å². The largest absolute Gasteiger partial charge is 0.490 e. The lowest BCUT2D eigenvalue weighted by Gasteiger charge is -2.31. The van der Waals surface area contributed by atoms with Gasteiger partial charge in [0.1, 0.15) is 29.3 Å². The van der Waals surface area contributed by atoms with Gasteiger partial charge in [0.05, 0.1) is 12.2 Å². The Morgan fingerprint density at radius 2 is 1.51 bits per heavy atom. The number of aliphatic carboxylic acids is 1. The number of halogens is 5. The summed E-state index contributed by atoms with van der Waals surface area (Å²) in [5.41, 5.74) is 0.0504. The first-order valence-electron chi connectivity index (χ1n) is 11.9. The van der Waals surface area contributed by atoms with Gasteiger partial charge in [0.15, 0.2) is 0 Å². The van der Waals surface area contributed by atoms with Crippen LogP contribution < -0.4 is 5.32 Å². The summed E-state index contributed by atoms with van der Waals surface area (Å²) in [6, 6.07) is 7.14. The second-order valence-electron chi connectivity index (χ2n) is 8.78. The predicted molar refractivity (Wildman–Crippen MR) is 125 cm³/mol. The third-order valence-electron chi connectivity index (χ3n) is 6.23. The molecule has 9 nitrogen and oxygen atoms in total. The Morgan fingerprint density at radius 1 is 0.923 bits per heavy atom. The number of carbonyl (C=O) groups excluding carboxylic acids is 3.